The Morgan fingerprint density at radius 2 is 1.96 bits per heavy atom. The molecule has 2 rings (SSSR count). The first kappa shape index (κ1) is 20.9. The maximum atomic E-state index is 12.9. The average Bonchev–Trinajstić information content (AvgIpc) is 2.62. The second-order valence-electron chi connectivity index (χ2n) is 7.57. The van der Waals surface area contributed by atoms with Gasteiger partial charge >= 0.3 is 5.97 Å². The van der Waals surface area contributed by atoms with E-state index in [0.29, 0.717) is 24.5 Å². The van der Waals surface area contributed by atoms with Gasteiger partial charge in [0.2, 0.25) is 0 Å². The minimum Gasteiger partial charge on any atom is -0.466 e. The first-order chi connectivity index (χ1) is 12.3. The zero-order valence-corrected chi connectivity index (χ0v) is 16.9. The monoisotopic (exact) mass is 381 g/mol. The zero-order valence-electron chi connectivity index (χ0n) is 16.1. The number of sulfone groups is 1. The summed E-state index contributed by atoms with van der Waals surface area (Å²) in [5.41, 5.74) is 0. The maximum absolute atomic E-state index is 12.9. The second-order valence-corrected chi connectivity index (χ2v) is 10.2. The molecule has 26 heavy (non-hydrogen) atoms. The van der Waals surface area contributed by atoms with E-state index in [-0.39, 0.29) is 11.9 Å². The van der Waals surface area contributed by atoms with Crippen molar-refractivity contribution in [3.8, 4) is 0 Å². The van der Waals surface area contributed by atoms with E-state index >= 15 is 0 Å². The van der Waals surface area contributed by atoms with E-state index in [1.165, 1.54) is 0 Å². The van der Waals surface area contributed by atoms with Crippen molar-refractivity contribution in [3.05, 3.63) is 30.3 Å². The van der Waals surface area contributed by atoms with E-state index in [2.05, 4.69) is 4.90 Å². The van der Waals surface area contributed by atoms with Gasteiger partial charge in [-0.15, -0.1) is 0 Å². The molecule has 1 aliphatic rings. The highest BCUT2D eigenvalue weighted by Gasteiger charge is 2.35. The Kier molecular flexibility index (Phi) is 7.24. The van der Waals surface area contributed by atoms with E-state index < -0.39 is 14.6 Å². The summed E-state index contributed by atoms with van der Waals surface area (Å²) in [6.07, 6.45) is 3.23. The Hall–Kier alpha value is -1.40. The van der Waals surface area contributed by atoms with Gasteiger partial charge in [0.1, 0.15) is 0 Å². The van der Waals surface area contributed by atoms with Crippen molar-refractivity contribution in [2.45, 2.75) is 56.1 Å². The van der Waals surface area contributed by atoms with Crippen LogP contribution in [0.2, 0.25) is 0 Å². The summed E-state index contributed by atoms with van der Waals surface area (Å²) in [5, 5.41) is 0. The fraction of sp³-hybridized carbons (Fsp3) is 0.650. The maximum Gasteiger partial charge on any atom is 0.310 e. The lowest BCUT2D eigenvalue weighted by Gasteiger charge is -2.32. The normalized spacial score (nSPS) is 19.3. The van der Waals surface area contributed by atoms with Crippen molar-refractivity contribution in [3.63, 3.8) is 0 Å². The molecular weight excluding hydrogens is 350 g/mol. The minimum atomic E-state index is -3.37. The smallest absolute Gasteiger partial charge is 0.310 e. The standard InChI is InChI=1S/C20H31NO4S/c1-4-25-19(22)17-10-8-14-21(16-17)15-9-13-20(2,3)26(23,24)18-11-6-5-7-12-18/h5-7,11-12,17H,4,8-10,13-16H2,1-3H3/t17-/m1/s1. The number of benzene rings is 1. The predicted octanol–water partition coefficient (Wildman–Crippen LogP) is 3.29. The van der Waals surface area contributed by atoms with Crippen molar-refractivity contribution >= 4 is 15.8 Å². The van der Waals surface area contributed by atoms with E-state index in [1.807, 2.05) is 13.0 Å². The summed E-state index contributed by atoms with van der Waals surface area (Å²) in [5.74, 6) is -0.158. The van der Waals surface area contributed by atoms with Crippen molar-refractivity contribution in [1.82, 2.24) is 4.90 Å². The minimum absolute atomic E-state index is 0.0511. The van der Waals surface area contributed by atoms with Gasteiger partial charge < -0.3 is 9.64 Å². The molecule has 0 radical (unpaired) electrons. The van der Waals surface area contributed by atoms with Gasteiger partial charge in [-0.25, -0.2) is 8.42 Å². The lowest BCUT2D eigenvalue weighted by atomic mass is 9.97. The van der Waals surface area contributed by atoms with Crippen LogP contribution in [0.25, 0.3) is 0 Å². The molecule has 1 fully saturated rings. The molecule has 1 aromatic rings. The molecule has 1 aliphatic heterocycles. The molecule has 1 saturated heterocycles. The molecule has 1 aromatic carbocycles. The highest BCUT2D eigenvalue weighted by Crippen LogP contribution is 2.29. The van der Waals surface area contributed by atoms with Crippen LogP contribution in [0.5, 0.6) is 0 Å². The van der Waals surface area contributed by atoms with Crippen LogP contribution in [0, 0.1) is 5.92 Å². The quantitative estimate of drug-likeness (QED) is 0.647. The lowest BCUT2D eigenvalue weighted by Crippen LogP contribution is -2.40. The molecule has 0 saturated carbocycles. The SMILES string of the molecule is CCOC(=O)[C@@H]1CCCN(CCCC(C)(C)S(=O)(=O)c2ccccc2)C1. The van der Waals surface area contributed by atoms with Gasteiger partial charge in [0.25, 0.3) is 0 Å². The molecule has 0 unspecified atom stereocenters. The molecule has 1 atom stereocenters. The van der Waals surface area contributed by atoms with E-state index in [1.54, 1.807) is 38.1 Å². The highest BCUT2D eigenvalue weighted by atomic mass is 32.2. The van der Waals surface area contributed by atoms with Gasteiger partial charge in [-0.3, -0.25) is 4.79 Å². The molecule has 6 heteroatoms. The third kappa shape index (κ3) is 5.07. The third-order valence-electron chi connectivity index (χ3n) is 5.16. The Bertz CT molecular complexity index is 685. The number of hydrogen-bond donors (Lipinski definition) is 0. The number of rotatable bonds is 8. The number of likely N-dealkylation sites (tertiary alicyclic amines) is 1. The van der Waals surface area contributed by atoms with Crippen LogP contribution in [-0.4, -0.2) is 50.3 Å². The summed E-state index contributed by atoms with van der Waals surface area (Å²) in [7, 11) is -3.37. The molecule has 1 heterocycles. The van der Waals surface area contributed by atoms with E-state index in [9.17, 15) is 13.2 Å². The molecule has 146 valence electrons. The Morgan fingerprint density at radius 1 is 1.27 bits per heavy atom. The summed E-state index contributed by atoms with van der Waals surface area (Å²) in [6.45, 7) is 8.32. The second kappa shape index (κ2) is 9.00. The summed E-state index contributed by atoms with van der Waals surface area (Å²) in [4.78, 5) is 14.6. The van der Waals surface area contributed by atoms with Gasteiger partial charge in [0.05, 0.1) is 22.2 Å². The largest absolute Gasteiger partial charge is 0.466 e. The van der Waals surface area contributed by atoms with E-state index in [0.717, 1.165) is 32.4 Å². The van der Waals surface area contributed by atoms with Crippen molar-refractivity contribution < 1.29 is 17.9 Å². The van der Waals surface area contributed by atoms with E-state index in [4.69, 9.17) is 4.74 Å². The first-order valence-electron chi connectivity index (χ1n) is 9.46. The molecular formula is C20H31NO4S. The Labute approximate surface area is 157 Å². The molecule has 0 amide bonds. The van der Waals surface area contributed by atoms with Gasteiger partial charge in [-0.05, 0) is 71.7 Å². The van der Waals surface area contributed by atoms with Crippen LogP contribution >= 0.6 is 0 Å². The number of ether oxygens (including phenoxy) is 1. The summed E-state index contributed by atoms with van der Waals surface area (Å²) in [6, 6.07) is 8.65. The fourth-order valence-electron chi connectivity index (χ4n) is 3.49. The van der Waals surface area contributed by atoms with Gasteiger partial charge in [-0.2, -0.15) is 0 Å². The average molecular weight is 382 g/mol. The number of hydrogen-bond acceptors (Lipinski definition) is 5. The molecule has 0 aliphatic carbocycles. The number of piperidine rings is 1. The van der Waals surface area contributed by atoms with Crippen LogP contribution in [0.1, 0.15) is 46.5 Å². The van der Waals surface area contributed by atoms with Crippen LogP contribution in [0.4, 0.5) is 0 Å². The van der Waals surface area contributed by atoms with Crippen molar-refractivity contribution in [2.24, 2.45) is 5.92 Å². The van der Waals surface area contributed by atoms with Crippen LogP contribution < -0.4 is 0 Å². The highest BCUT2D eigenvalue weighted by molar-refractivity contribution is 7.92. The van der Waals surface area contributed by atoms with Crippen LogP contribution in [0.3, 0.4) is 0 Å². The topological polar surface area (TPSA) is 63.7 Å². The van der Waals surface area contributed by atoms with Crippen molar-refractivity contribution in [1.29, 1.82) is 0 Å². The molecule has 5 nitrogen and oxygen atoms in total. The van der Waals surface area contributed by atoms with Crippen molar-refractivity contribution in [2.75, 3.05) is 26.2 Å². The third-order valence-corrected chi connectivity index (χ3v) is 7.71. The Balaban J connectivity index is 1.89. The fourth-order valence-corrected chi connectivity index (χ4v) is 5.06. The number of nitrogens with zero attached hydrogens (tertiary/aromatic N) is 1. The van der Waals surface area contributed by atoms with Crippen LogP contribution in [-0.2, 0) is 19.4 Å². The number of carbonyl (C=O) groups is 1. The molecule has 0 bridgehead atoms. The van der Waals surface area contributed by atoms with Gasteiger partial charge in [0.15, 0.2) is 9.84 Å². The van der Waals surface area contributed by atoms with Gasteiger partial charge in [-0.1, -0.05) is 18.2 Å². The van der Waals surface area contributed by atoms with Gasteiger partial charge in [0, 0.05) is 6.54 Å². The Morgan fingerprint density at radius 3 is 2.62 bits per heavy atom. The number of esters is 1. The molecule has 0 aromatic heterocycles. The lowest BCUT2D eigenvalue weighted by molar-refractivity contribution is -0.149. The first-order valence-corrected chi connectivity index (χ1v) is 10.9. The molecule has 0 spiro atoms. The summed E-state index contributed by atoms with van der Waals surface area (Å²) < 4.78 is 30.1. The zero-order chi connectivity index (χ0) is 19.2. The molecule has 0 N–H and O–H groups in total. The van der Waals surface area contributed by atoms with Crippen LogP contribution in [0.15, 0.2) is 35.2 Å². The number of carbonyl (C=O) groups excluding carboxylic acids is 1. The summed E-state index contributed by atoms with van der Waals surface area (Å²) >= 11 is 0. The predicted molar refractivity (Wildman–Crippen MR) is 103 cm³/mol.